The number of rotatable bonds is 7. The smallest absolute Gasteiger partial charge is 0.141 e. The predicted molar refractivity (Wildman–Crippen MR) is 77.5 cm³/mol. The van der Waals surface area contributed by atoms with E-state index >= 15 is 0 Å². The molecule has 0 aliphatic rings. The summed E-state index contributed by atoms with van der Waals surface area (Å²) in [5, 5.41) is 8.86. The van der Waals surface area contributed by atoms with Gasteiger partial charge in [-0.2, -0.15) is 0 Å². The number of nitrogens with one attached hydrogen (secondary N) is 2. The fourth-order valence-electron chi connectivity index (χ4n) is 1.70. The second-order valence-electron chi connectivity index (χ2n) is 3.88. The van der Waals surface area contributed by atoms with Gasteiger partial charge >= 0.3 is 0 Å². The van der Waals surface area contributed by atoms with Crippen molar-refractivity contribution in [3.8, 4) is 5.75 Å². The second-order valence-corrected chi connectivity index (χ2v) is 4.92. The number of hydrogen-bond donors (Lipinski definition) is 2. The quantitative estimate of drug-likeness (QED) is 0.753. The summed E-state index contributed by atoms with van der Waals surface area (Å²) in [6.07, 6.45) is 0. The maximum Gasteiger partial charge on any atom is 0.141 e. The summed E-state index contributed by atoms with van der Waals surface area (Å²) in [6, 6.07) is 12.2. The van der Waals surface area contributed by atoms with Crippen LogP contribution in [0.5, 0.6) is 5.75 Å². The summed E-state index contributed by atoms with van der Waals surface area (Å²) >= 11 is 1.78. The van der Waals surface area contributed by atoms with Gasteiger partial charge in [-0.05, 0) is 23.6 Å². The van der Waals surface area contributed by atoms with Crippen LogP contribution in [0.15, 0.2) is 41.8 Å². The van der Waals surface area contributed by atoms with Crippen molar-refractivity contribution < 1.29 is 4.74 Å². The van der Waals surface area contributed by atoms with Gasteiger partial charge in [0, 0.05) is 24.5 Å². The topological polar surface area (TPSA) is 33.3 Å². The first-order valence-corrected chi connectivity index (χ1v) is 6.88. The standard InChI is InChI=1S/C14H18N2OS/c1-17-14-7-3-2-6-13(14)16-9-8-15-11-12-5-4-10-18-12/h2-7,10,15-16H,8-9,11H2,1H3. The zero-order chi connectivity index (χ0) is 12.6. The Bertz CT molecular complexity index is 457. The zero-order valence-corrected chi connectivity index (χ0v) is 11.3. The molecular formula is C14H18N2OS. The van der Waals surface area contributed by atoms with E-state index in [2.05, 4.69) is 28.1 Å². The molecule has 2 rings (SSSR count). The lowest BCUT2D eigenvalue weighted by Crippen LogP contribution is -2.21. The van der Waals surface area contributed by atoms with Crippen molar-refractivity contribution in [1.29, 1.82) is 0 Å². The van der Waals surface area contributed by atoms with Gasteiger partial charge in [-0.25, -0.2) is 0 Å². The van der Waals surface area contributed by atoms with E-state index < -0.39 is 0 Å². The predicted octanol–water partition coefficient (Wildman–Crippen LogP) is 2.96. The van der Waals surface area contributed by atoms with Crippen LogP contribution in [-0.4, -0.2) is 20.2 Å². The van der Waals surface area contributed by atoms with Gasteiger partial charge in [0.25, 0.3) is 0 Å². The molecule has 0 aliphatic heterocycles. The Hall–Kier alpha value is -1.52. The molecule has 0 atom stereocenters. The summed E-state index contributed by atoms with van der Waals surface area (Å²) in [6.45, 7) is 2.74. The van der Waals surface area contributed by atoms with Gasteiger partial charge < -0.3 is 15.4 Å². The van der Waals surface area contributed by atoms with Crippen LogP contribution < -0.4 is 15.4 Å². The number of ether oxygens (including phenoxy) is 1. The molecule has 0 amide bonds. The van der Waals surface area contributed by atoms with E-state index in [4.69, 9.17) is 4.74 Å². The minimum absolute atomic E-state index is 0.881. The van der Waals surface area contributed by atoms with Crippen molar-refractivity contribution in [2.24, 2.45) is 0 Å². The van der Waals surface area contributed by atoms with E-state index in [0.29, 0.717) is 0 Å². The summed E-state index contributed by atoms with van der Waals surface area (Å²) < 4.78 is 5.28. The molecule has 18 heavy (non-hydrogen) atoms. The molecule has 0 bridgehead atoms. The number of hydrogen-bond acceptors (Lipinski definition) is 4. The fourth-order valence-corrected chi connectivity index (χ4v) is 2.38. The van der Waals surface area contributed by atoms with E-state index in [-0.39, 0.29) is 0 Å². The average Bonchev–Trinajstić information content (AvgIpc) is 2.92. The molecule has 0 fully saturated rings. The van der Waals surface area contributed by atoms with Gasteiger partial charge in [-0.1, -0.05) is 18.2 Å². The van der Waals surface area contributed by atoms with Gasteiger partial charge in [0.15, 0.2) is 0 Å². The van der Waals surface area contributed by atoms with E-state index in [1.54, 1.807) is 18.4 Å². The number of methoxy groups -OCH3 is 1. The molecule has 0 radical (unpaired) electrons. The first-order chi connectivity index (χ1) is 8.90. The minimum atomic E-state index is 0.881. The Balaban J connectivity index is 1.69. The first-order valence-electron chi connectivity index (χ1n) is 6.00. The SMILES string of the molecule is COc1ccccc1NCCNCc1cccs1. The van der Waals surface area contributed by atoms with Crippen molar-refractivity contribution >= 4 is 17.0 Å². The molecule has 0 spiro atoms. The van der Waals surface area contributed by atoms with E-state index in [9.17, 15) is 0 Å². The summed E-state index contributed by atoms with van der Waals surface area (Å²) in [4.78, 5) is 1.37. The van der Waals surface area contributed by atoms with Crippen molar-refractivity contribution in [2.75, 3.05) is 25.5 Å². The zero-order valence-electron chi connectivity index (χ0n) is 10.5. The Labute approximate surface area is 112 Å². The molecule has 1 heterocycles. The van der Waals surface area contributed by atoms with Crippen molar-refractivity contribution in [3.05, 3.63) is 46.7 Å². The highest BCUT2D eigenvalue weighted by atomic mass is 32.1. The third kappa shape index (κ3) is 3.75. The molecule has 0 saturated heterocycles. The van der Waals surface area contributed by atoms with E-state index in [0.717, 1.165) is 31.1 Å². The van der Waals surface area contributed by atoms with Crippen LogP contribution in [0.3, 0.4) is 0 Å². The highest BCUT2D eigenvalue weighted by Crippen LogP contribution is 2.22. The Morgan fingerprint density at radius 3 is 2.78 bits per heavy atom. The number of benzene rings is 1. The molecular weight excluding hydrogens is 244 g/mol. The molecule has 0 aliphatic carbocycles. The Morgan fingerprint density at radius 1 is 1.11 bits per heavy atom. The Kier molecular flexibility index (Phi) is 5.05. The summed E-state index contributed by atoms with van der Waals surface area (Å²) in [5.74, 6) is 0.885. The highest BCUT2D eigenvalue weighted by molar-refractivity contribution is 7.09. The maximum atomic E-state index is 5.28. The maximum absolute atomic E-state index is 5.28. The summed E-state index contributed by atoms with van der Waals surface area (Å²) in [5.41, 5.74) is 1.04. The molecule has 0 unspecified atom stereocenters. The lowest BCUT2D eigenvalue weighted by Gasteiger charge is -2.11. The molecule has 3 nitrogen and oxygen atoms in total. The van der Waals surface area contributed by atoms with Crippen molar-refractivity contribution in [3.63, 3.8) is 0 Å². The fraction of sp³-hybridized carbons (Fsp3) is 0.286. The van der Waals surface area contributed by atoms with Gasteiger partial charge in [0.2, 0.25) is 0 Å². The van der Waals surface area contributed by atoms with Crippen LogP contribution in [0.25, 0.3) is 0 Å². The lowest BCUT2D eigenvalue weighted by atomic mass is 10.3. The van der Waals surface area contributed by atoms with Crippen LogP contribution in [0.1, 0.15) is 4.88 Å². The largest absolute Gasteiger partial charge is 0.495 e. The second kappa shape index (κ2) is 7.03. The monoisotopic (exact) mass is 262 g/mol. The molecule has 1 aromatic carbocycles. The molecule has 4 heteroatoms. The van der Waals surface area contributed by atoms with Crippen LogP contribution >= 0.6 is 11.3 Å². The molecule has 1 aromatic heterocycles. The highest BCUT2D eigenvalue weighted by Gasteiger charge is 1.99. The van der Waals surface area contributed by atoms with Crippen LogP contribution in [0, 0.1) is 0 Å². The van der Waals surface area contributed by atoms with E-state index in [1.165, 1.54) is 4.88 Å². The Morgan fingerprint density at radius 2 is 2.00 bits per heavy atom. The average molecular weight is 262 g/mol. The van der Waals surface area contributed by atoms with Gasteiger partial charge in [0.1, 0.15) is 5.75 Å². The minimum Gasteiger partial charge on any atom is -0.495 e. The first kappa shape index (κ1) is 12.9. The van der Waals surface area contributed by atoms with Crippen LogP contribution in [0.4, 0.5) is 5.69 Å². The van der Waals surface area contributed by atoms with Gasteiger partial charge in [-0.3, -0.25) is 0 Å². The summed E-state index contributed by atoms with van der Waals surface area (Å²) in [7, 11) is 1.69. The van der Waals surface area contributed by atoms with Crippen molar-refractivity contribution in [2.45, 2.75) is 6.54 Å². The molecule has 2 N–H and O–H groups in total. The third-order valence-electron chi connectivity index (χ3n) is 2.60. The van der Waals surface area contributed by atoms with Crippen LogP contribution in [-0.2, 0) is 6.54 Å². The van der Waals surface area contributed by atoms with Gasteiger partial charge in [-0.15, -0.1) is 11.3 Å². The third-order valence-corrected chi connectivity index (χ3v) is 3.48. The lowest BCUT2D eigenvalue weighted by molar-refractivity contribution is 0.416. The van der Waals surface area contributed by atoms with Gasteiger partial charge in [0.05, 0.1) is 12.8 Å². The molecule has 0 saturated carbocycles. The number of thiophene rings is 1. The number of anilines is 1. The number of para-hydroxylation sites is 2. The van der Waals surface area contributed by atoms with Crippen LogP contribution in [0.2, 0.25) is 0 Å². The molecule has 96 valence electrons. The molecule has 2 aromatic rings. The van der Waals surface area contributed by atoms with Crippen molar-refractivity contribution in [1.82, 2.24) is 5.32 Å². The van der Waals surface area contributed by atoms with E-state index in [1.807, 2.05) is 24.3 Å². The normalized spacial score (nSPS) is 10.3.